The summed E-state index contributed by atoms with van der Waals surface area (Å²) in [6, 6.07) is 12.5. The third-order valence-corrected chi connectivity index (χ3v) is 5.19. The Morgan fingerprint density at radius 3 is 2.33 bits per heavy atom. The zero-order valence-electron chi connectivity index (χ0n) is 12.6. The third-order valence-electron chi connectivity index (χ3n) is 3.54. The van der Waals surface area contributed by atoms with E-state index >= 15 is 0 Å². The van der Waals surface area contributed by atoms with E-state index in [2.05, 4.69) is 4.72 Å². The Morgan fingerprint density at radius 2 is 1.71 bits per heavy atom. The molecular weight excluding hydrogens is 352 g/mol. The summed E-state index contributed by atoms with van der Waals surface area (Å²) in [5, 5.41) is 0.466. The number of hydrogen-bond acceptors (Lipinski definition) is 4. The van der Waals surface area contributed by atoms with Crippen LogP contribution in [0.2, 0.25) is 5.02 Å². The van der Waals surface area contributed by atoms with Gasteiger partial charge in [-0.1, -0.05) is 11.6 Å². The molecular formula is C16H15ClN2O4S. The summed E-state index contributed by atoms with van der Waals surface area (Å²) in [6.07, 6.45) is 0. The van der Waals surface area contributed by atoms with Crippen LogP contribution in [0.3, 0.4) is 0 Å². The van der Waals surface area contributed by atoms with Crippen LogP contribution in [0.15, 0.2) is 53.4 Å². The lowest BCUT2D eigenvalue weighted by molar-refractivity contribution is -0.125. The van der Waals surface area contributed by atoms with E-state index in [-0.39, 0.29) is 17.4 Å². The number of carbonyl (C=O) groups is 1. The Labute approximate surface area is 145 Å². The quantitative estimate of drug-likeness (QED) is 0.902. The van der Waals surface area contributed by atoms with E-state index in [9.17, 15) is 13.2 Å². The zero-order chi connectivity index (χ0) is 17.2. The van der Waals surface area contributed by atoms with E-state index in [1.165, 1.54) is 24.3 Å². The number of nitrogens with zero attached hydrogens (tertiary/aromatic N) is 1. The Hall–Kier alpha value is -2.09. The van der Waals surface area contributed by atoms with Gasteiger partial charge in [0.05, 0.1) is 11.5 Å². The highest BCUT2D eigenvalue weighted by Gasteiger charge is 2.20. The molecule has 1 heterocycles. The minimum Gasteiger partial charge on any atom is -0.370 e. The van der Waals surface area contributed by atoms with E-state index in [0.717, 1.165) is 0 Å². The van der Waals surface area contributed by atoms with Gasteiger partial charge >= 0.3 is 0 Å². The van der Waals surface area contributed by atoms with Crippen LogP contribution < -0.4 is 9.62 Å². The fourth-order valence-electron chi connectivity index (χ4n) is 2.33. The summed E-state index contributed by atoms with van der Waals surface area (Å²) < 4.78 is 32.2. The van der Waals surface area contributed by atoms with Gasteiger partial charge in [-0.25, -0.2) is 8.42 Å². The first-order valence-corrected chi connectivity index (χ1v) is 9.08. The second-order valence-electron chi connectivity index (χ2n) is 5.20. The lowest BCUT2D eigenvalue weighted by Crippen LogP contribution is -2.41. The monoisotopic (exact) mass is 366 g/mol. The van der Waals surface area contributed by atoms with Crippen molar-refractivity contribution < 1.29 is 17.9 Å². The summed E-state index contributed by atoms with van der Waals surface area (Å²) in [4.78, 5) is 13.5. The van der Waals surface area contributed by atoms with E-state index < -0.39 is 10.0 Å². The normalized spacial score (nSPS) is 15.4. The smallest absolute Gasteiger partial charge is 0.261 e. The van der Waals surface area contributed by atoms with Gasteiger partial charge in [-0.2, -0.15) is 0 Å². The van der Waals surface area contributed by atoms with E-state index in [1.807, 2.05) is 0 Å². The molecule has 0 atom stereocenters. The molecule has 2 aromatic rings. The second kappa shape index (κ2) is 6.80. The first-order valence-electron chi connectivity index (χ1n) is 7.22. The van der Waals surface area contributed by atoms with Crippen molar-refractivity contribution in [3.63, 3.8) is 0 Å². The largest absolute Gasteiger partial charge is 0.370 e. The predicted octanol–water partition coefficient (Wildman–Crippen LogP) is 2.50. The first-order chi connectivity index (χ1) is 11.5. The number of benzene rings is 2. The summed E-state index contributed by atoms with van der Waals surface area (Å²) in [6.45, 7) is 1.02. The summed E-state index contributed by atoms with van der Waals surface area (Å²) in [5.74, 6) is -0.115. The van der Waals surface area contributed by atoms with Crippen LogP contribution in [0.25, 0.3) is 0 Å². The minimum atomic E-state index is -3.69. The molecule has 0 unspecified atom stereocenters. The Morgan fingerprint density at radius 1 is 1.04 bits per heavy atom. The maximum absolute atomic E-state index is 12.3. The number of anilines is 2. The van der Waals surface area contributed by atoms with E-state index in [0.29, 0.717) is 29.5 Å². The van der Waals surface area contributed by atoms with Gasteiger partial charge in [-0.15, -0.1) is 0 Å². The molecule has 8 heteroatoms. The first kappa shape index (κ1) is 16.8. The van der Waals surface area contributed by atoms with Crippen molar-refractivity contribution in [2.75, 3.05) is 29.4 Å². The number of morpholine rings is 1. The standard InChI is InChI=1S/C16H15ClN2O4S/c17-12-1-7-15(8-2-12)24(21,22)18-13-3-5-14(6-4-13)19-9-10-23-11-16(19)20/h1-8,18H,9-11H2. The van der Waals surface area contributed by atoms with Crippen LogP contribution in [0.4, 0.5) is 11.4 Å². The van der Waals surface area contributed by atoms with Crippen LogP contribution in [0.1, 0.15) is 0 Å². The molecule has 1 N–H and O–H groups in total. The minimum absolute atomic E-state index is 0.0605. The number of ether oxygens (including phenoxy) is 1. The number of nitrogens with one attached hydrogen (secondary N) is 1. The Kier molecular flexibility index (Phi) is 4.75. The topological polar surface area (TPSA) is 75.7 Å². The van der Waals surface area contributed by atoms with Gasteiger partial charge in [0.2, 0.25) is 0 Å². The number of hydrogen-bond donors (Lipinski definition) is 1. The molecule has 1 aliphatic heterocycles. The second-order valence-corrected chi connectivity index (χ2v) is 7.32. The molecule has 0 saturated carbocycles. The molecule has 1 amide bonds. The lowest BCUT2D eigenvalue weighted by atomic mass is 10.2. The average Bonchev–Trinajstić information content (AvgIpc) is 2.56. The molecule has 0 bridgehead atoms. The highest BCUT2D eigenvalue weighted by Crippen LogP contribution is 2.22. The molecule has 3 rings (SSSR count). The molecule has 2 aromatic carbocycles. The Balaban J connectivity index is 1.76. The van der Waals surface area contributed by atoms with Crippen molar-refractivity contribution in [3.05, 3.63) is 53.6 Å². The van der Waals surface area contributed by atoms with Crippen molar-refractivity contribution in [1.29, 1.82) is 0 Å². The van der Waals surface area contributed by atoms with Crippen molar-refractivity contribution in [1.82, 2.24) is 0 Å². The maximum Gasteiger partial charge on any atom is 0.261 e. The van der Waals surface area contributed by atoms with E-state index in [4.69, 9.17) is 16.3 Å². The molecule has 0 aromatic heterocycles. The molecule has 1 saturated heterocycles. The van der Waals surface area contributed by atoms with Gasteiger partial charge in [0.15, 0.2) is 0 Å². The Bertz CT molecular complexity index is 835. The van der Waals surface area contributed by atoms with Gasteiger partial charge in [0, 0.05) is 22.9 Å². The van der Waals surface area contributed by atoms with Crippen molar-refractivity contribution in [2.24, 2.45) is 0 Å². The van der Waals surface area contributed by atoms with Crippen molar-refractivity contribution in [3.8, 4) is 0 Å². The number of rotatable bonds is 4. The highest BCUT2D eigenvalue weighted by molar-refractivity contribution is 7.92. The van der Waals surface area contributed by atoms with Gasteiger partial charge in [0.1, 0.15) is 6.61 Å². The average molecular weight is 367 g/mol. The molecule has 24 heavy (non-hydrogen) atoms. The van der Waals surface area contributed by atoms with Gasteiger partial charge in [-0.3, -0.25) is 9.52 Å². The number of halogens is 1. The fraction of sp³-hybridized carbons (Fsp3) is 0.188. The maximum atomic E-state index is 12.3. The third kappa shape index (κ3) is 3.69. The highest BCUT2D eigenvalue weighted by atomic mass is 35.5. The van der Waals surface area contributed by atoms with Crippen LogP contribution >= 0.6 is 11.6 Å². The molecule has 0 radical (unpaired) electrons. The number of amides is 1. The molecule has 6 nitrogen and oxygen atoms in total. The van der Waals surface area contributed by atoms with Crippen LogP contribution in [0.5, 0.6) is 0 Å². The van der Waals surface area contributed by atoms with Crippen LogP contribution in [0, 0.1) is 0 Å². The molecule has 0 aliphatic carbocycles. The van der Waals surface area contributed by atoms with Gasteiger partial charge in [-0.05, 0) is 48.5 Å². The summed E-state index contributed by atoms with van der Waals surface area (Å²) in [5.41, 5.74) is 1.12. The summed E-state index contributed by atoms with van der Waals surface area (Å²) >= 11 is 5.77. The molecule has 1 fully saturated rings. The molecule has 126 valence electrons. The fourth-order valence-corrected chi connectivity index (χ4v) is 3.51. The predicted molar refractivity (Wildman–Crippen MR) is 91.9 cm³/mol. The van der Waals surface area contributed by atoms with Crippen LogP contribution in [-0.4, -0.2) is 34.1 Å². The zero-order valence-corrected chi connectivity index (χ0v) is 14.2. The molecule has 1 aliphatic rings. The van der Waals surface area contributed by atoms with Crippen molar-refractivity contribution in [2.45, 2.75) is 4.90 Å². The number of sulfonamides is 1. The van der Waals surface area contributed by atoms with Gasteiger partial charge in [0.25, 0.3) is 15.9 Å². The summed E-state index contributed by atoms with van der Waals surface area (Å²) in [7, 11) is -3.69. The van der Waals surface area contributed by atoms with Gasteiger partial charge < -0.3 is 9.64 Å². The van der Waals surface area contributed by atoms with Crippen LogP contribution in [-0.2, 0) is 19.6 Å². The van der Waals surface area contributed by atoms with Crippen molar-refractivity contribution >= 4 is 38.9 Å². The lowest BCUT2D eigenvalue weighted by Gasteiger charge is -2.26. The number of carbonyl (C=O) groups excluding carboxylic acids is 1. The molecule has 0 spiro atoms. The van der Waals surface area contributed by atoms with E-state index in [1.54, 1.807) is 29.2 Å². The SMILES string of the molecule is O=C1COCCN1c1ccc(NS(=O)(=O)c2ccc(Cl)cc2)cc1.